The van der Waals surface area contributed by atoms with E-state index in [0.717, 1.165) is 0 Å². The summed E-state index contributed by atoms with van der Waals surface area (Å²) in [6.07, 6.45) is 2.04. The van der Waals surface area contributed by atoms with Crippen molar-refractivity contribution in [2.24, 2.45) is 0 Å². The number of Topliss-reactive ketones (excluding diaryl/α,β-unsaturated/α-hetero) is 1. The van der Waals surface area contributed by atoms with Crippen molar-refractivity contribution in [2.45, 2.75) is 25.9 Å². The molecule has 0 saturated carbocycles. The number of aliphatic hydroxyl groups is 1. The van der Waals surface area contributed by atoms with E-state index in [9.17, 15) is 9.90 Å². The van der Waals surface area contributed by atoms with Crippen LogP contribution in [0, 0.1) is 0 Å². The van der Waals surface area contributed by atoms with Gasteiger partial charge in [-0.15, -0.1) is 0 Å². The summed E-state index contributed by atoms with van der Waals surface area (Å²) in [5.41, 5.74) is -0.683. The zero-order valence-electron chi connectivity index (χ0n) is 6.76. The first-order valence-electron chi connectivity index (χ1n) is 3.59. The van der Waals surface area contributed by atoms with Crippen molar-refractivity contribution in [1.29, 1.82) is 0 Å². The van der Waals surface area contributed by atoms with Crippen LogP contribution in [0.25, 0.3) is 0 Å². The Morgan fingerprint density at radius 2 is 2.36 bits per heavy atom. The maximum atomic E-state index is 11.3. The Labute approximate surface area is 65.7 Å². The largest absolute Gasteiger partial charge is 0.500 e. The standard InChI is InChI=1S/C8H12O3/c1-8(2,10)7(9)6-3-4-11-5-6/h5,10H,3-4H2,1-2H3. The van der Waals surface area contributed by atoms with E-state index in [0.29, 0.717) is 18.6 Å². The van der Waals surface area contributed by atoms with E-state index in [4.69, 9.17) is 4.74 Å². The van der Waals surface area contributed by atoms with Crippen molar-refractivity contribution < 1.29 is 14.6 Å². The number of carbonyl (C=O) groups is 1. The molecule has 1 aliphatic rings. The van der Waals surface area contributed by atoms with Crippen LogP contribution < -0.4 is 0 Å². The van der Waals surface area contributed by atoms with Gasteiger partial charge in [-0.3, -0.25) is 4.79 Å². The van der Waals surface area contributed by atoms with Crippen LogP contribution >= 0.6 is 0 Å². The van der Waals surface area contributed by atoms with Crippen LogP contribution in [-0.2, 0) is 9.53 Å². The topological polar surface area (TPSA) is 46.5 Å². The van der Waals surface area contributed by atoms with Gasteiger partial charge in [0.25, 0.3) is 0 Å². The summed E-state index contributed by atoms with van der Waals surface area (Å²) >= 11 is 0. The van der Waals surface area contributed by atoms with E-state index in [2.05, 4.69) is 0 Å². The van der Waals surface area contributed by atoms with Gasteiger partial charge in [0.1, 0.15) is 5.60 Å². The zero-order valence-corrected chi connectivity index (χ0v) is 6.76. The van der Waals surface area contributed by atoms with Crippen molar-refractivity contribution in [3.63, 3.8) is 0 Å². The molecule has 0 radical (unpaired) electrons. The van der Waals surface area contributed by atoms with Gasteiger partial charge in [-0.1, -0.05) is 0 Å². The summed E-state index contributed by atoms with van der Waals surface area (Å²) in [5, 5.41) is 9.30. The number of carbonyl (C=O) groups excluding carboxylic acids is 1. The highest BCUT2D eigenvalue weighted by Gasteiger charge is 2.28. The van der Waals surface area contributed by atoms with Crippen LogP contribution in [0.5, 0.6) is 0 Å². The van der Waals surface area contributed by atoms with Crippen LogP contribution in [0.15, 0.2) is 11.8 Å². The minimum atomic E-state index is -1.26. The molecule has 0 aromatic rings. The van der Waals surface area contributed by atoms with Crippen LogP contribution in [0.1, 0.15) is 20.3 Å². The van der Waals surface area contributed by atoms with Crippen molar-refractivity contribution in [1.82, 2.24) is 0 Å². The first kappa shape index (κ1) is 8.27. The Kier molecular flexibility index (Phi) is 2.00. The summed E-state index contributed by atoms with van der Waals surface area (Å²) in [6, 6.07) is 0. The molecular formula is C8H12O3. The second-order valence-electron chi connectivity index (χ2n) is 3.15. The molecule has 0 aromatic heterocycles. The molecule has 1 N–H and O–H groups in total. The molecule has 0 fully saturated rings. The molecular weight excluding hydrogens is 144 g/mol. The van der Waals surface area contributed by atoms with Crippen LogP contribution in [0.3, 0.4) is 0 Å². The van der Waals surface area contributed by atoms with Crippen molar-refractivity contribution >= 4 is 5.78 Å². The van der Waals surface area contributed by atoms with Gasteiger partial charge >= 0.3 is 0 Å². The first-order chi connectivity index (χ1) is 5.02. The van der Waals surface area contributed by atoms with Gasteiger partial charge in [0.2, 0.25) is 0 Å². The summed E-state index contributed by atoms with van der Waals surface area (Å²) in [5.74, 6) is -0.241. The van der Waals surface area contributed by atoms with Gasteiger partial charge in [0.05, 0.1) is 12.9 Å². The number of ketones is 1. The van der Waals surface area contributed by atoms with Gasteiger partial charge in [0, 0.05) is 12.0 Å². The highest BCUT2D eigenvalue weighted by molar-refractivity contribution is 6.01. The third kappa shape index (κ3) is 1.80. The Morgan fingerprint density at radius 3 is 2.73 bits per heavy atom. The fourth-order valence-electron chi connectivity index (χ4n) is 0.947. The van der Waals surface area contributed by atoms with E-state index >= 15 is 0 Å². The molecule has 0 spiro atoms. The summed E-state index contributed by atoms with van der Waals surface area (Å²) in [7, 11) is 0. The monoisotopic (exact) mass is 156 g/mol. The van der Waals surface area contributed by atoms with Crippen LogP contribution in [0.2, 0.25) is 0 Å². The van der Waals surface area contributed by atoms with Gasteiger partial charge in [-0.2, -0.15) is 0 Å². The van der Waals surface area contributed by atoms with Crippen molar-refractivity contribution in [3.05, 3.63) is 11.8 Å². The number of rotatable bonds is 2. The number of ether oxygens (including phenoxy) is 1. The molecule has 0 bridgehead atoms. The van der Waals surface area contributed by atoms with E-state index in [1.54, 1.807) is 0 Å². The third-order valence-corrected chi connectivity index (χ3v) is 1.56. The fraction of sp³-hybridized carbons (Fsp3) is 0.625. The van der Waals surface area contributed by atoms with Crippen LogP contribution in [-0.4, -0.2) is 23.1 Å². The lowest BCUT2D eigenvalue weighted by Gasteiger charge is -2.14. The molecule has 0 aromatic carbocycles. The average molecular weight is 156 g/mol. The molecule has 0 amide bonds. The normalized spacial score (nSPS) is 17.5. The van der Waals surface area contributed by atoms with Gasteiger partial charge in [0.15, 0.2) is 5.78 Å². The van der Waals surface area contributed by atoms with E-state index in [1.807, 2.05) is 0 Å². The quantitative estimate of drug-likeness (QED) is 0.637. The van der Waals surface area contributed by atoms with Crippen LogP contribution in [0.4, 0.5) is 0 Å². The maximum absolute atomic E-state index is 11.3. The van der Waals surface area contributed by atoms with E-state index in [1.165, 1.54) is 20.1 Å². The van der Waals surface area contributed by atoms with E-state index < -0.39 is 5.60 Å². The molecule has 3 nitrogen and oxygen atoms in total. The van der Waals surface area contributed by atoms with Gasteiger partial charge in [-0.05, 0) is 13.8 Å². The number of hydrogen-bond acceptors (Lipinski definition) is 3. The van der Waals surface area contributed by atoms with Gasteiger partial charge in [-0.25, -0.2) is 0 Å². The fourth-order valence-corrected chi connectivity index (χ4v) is 0.947. The lowest BCUT2D eigenvalue weighted by atomic mass is 9.96. The lowest BCUT2D eigenvalue weighted by molar-refractivity contribution is -0.130. The Bertz CT molecular complexity index is 198. The second kappa shape index (κ2) is 2.66. The van der Waals surface area contributed by atoms with E-state index in [-0.39, 0.29) is 5.78 Å². The molecule has 0 unspecified atom stereocenters. The Hall–Kier alpha value is -0.830. The number of hydrogen-bond donors (Lipinski definition) is 1. The molecule has 62 valence electrons. The molecule has 1 aliphatic heterocycles. The SMILES string of the molecule is CC(C)(O)C(=O)C1=COCC1. The highest BCUT2D eigenvalue weighted by atomic mass is 16.5. The third-order valence-electron chi connectivity index (χ3n) is 1.56. The maximum Gasteiger partial charge on any atom is 0.192 e. The molecule has 0 saturated heterocycles. The Balaban J connectivity index is 2.68. The molecule has 0 atom stereocenters. The van der Waals surface area contributed by atoms with Crippen molar-refractivity contribution in [3.8, 4) is 0 Å². The highest BCUT2D eigenvalue weighted by Crippen LogP contribution is 2.17. The zero-order chi connectivity index (χ0) is 8.48. The lowest BCUT2D eigenvalue weighted by Crippen LogP contribution is -2.32. The first-order valence-corrected chi connectivity index (χ1v) is 3.59. The molecule has 1 heterocycles. The predicted molar refractivity (Wildman–Crippen MR) is 40.0 cm³/mol. The average Bonchev–Trinajstić information content (AvgIpc) is 2.34. The minimum absolute atomic E-state index is 0.241. The molecule has 11 heavy (non-hydrogen) atoms. The minimum Gasteiger partial charge on any atom is -0.500 e. The van der Waals surface area contributed by atoms with Crippen molar-refractivity contribution in [2.75, 3.05) is 6.61 Å². The Morgan fingerprint density at radius 1 is 1.73 bits per heavy atom. The predicted octanol–water partition coefficient (Wildman–Crippen LogP) is 0.631. The second-order valence-corrected chi connectivity index (χ2v) is 3.15. The smallest absolute Gasteiger partial charge is 0.192 e. The summed E-state index contributed by atoms with van der Waals surface area (Å²) in [4.78, 5) is 11.3. The summed E-state index contributed by atoms with van der Waals surface area (Å²) < 4.78 is 4.88. The molecule has 1 rings (SSSR count). The van der Waals surface area contributed by atoms with Gasteiger partial charge < -0.3 is 9.84 Å². The molecule has 3 heteroatoms. The summed E-state index contributed by atoms with van der Waals surface area (Å²) in [6.45, 7) is 3.51. The molecule has 0 aliphatic carbocycles.